The van der Waals surface area contributed by atoms with E-state index in [9.17, 15) is 4.79 Å². The number of carbonyl (C=O) groups excluding carboxylic acids is 1. The molecule has 0 bridgehead atoms. The number of nitrogens with zero attached hydrogens (tertiary/aromatic N) is 3. The topological polar surface area (TPSA) is 56.5 Å². The van der Waals surface area contributed by atoms with E-state index in [1.807, 2.05) is 65.1 Å². The van der Waals surface area contributed by atoms with Crippen molar-refractivity contribution in [3.05, 3.63) is 95.9 Å². The Bertz CT molecular complexity index is 1310. The first kappa shape index (κ1) is 19.5. The minimum absolute atomic E-state index is 0.0319. The molecule has 3 aromatic carbocycles. The first-order chi connectivity index (χ1) is 15.3. The summed E-state index contributed by atoms with van der Waals surface area (Å²) in [6.07, 6.45) is 0. The monoisotopic (exact) mass is 443 g/mol. The van der Waals surface area contributed by atoms with Gasteiger partial charge in [0.15, 0.2) is 10.9 Å². The van der Waals surface area contributed by atoms with Gasteiger partial charge < -0.3 is 4.74 Å². The van der Waals surface area contributed by atoms with Crippen molar-refractivity contribution in [1.29, 1.82) is 0 Å². The molecular formula is C24H17N3O2S2. The molecule has 0 amide bonds. The molecule has 31 heavy (non-hydrogen) atoms. The molecule has 5 aromatic rings. The van der Waals surface area contributed by atoms with Crippen LogP contribution in [0.25, 0.3) is 16.2 Å². The zero-order valence-corrected chi connectivity index (χ0v) is 18.0. The van der Waals surface area contributed by atoms with E-state index in [0.29, 0.717) is 16.5 Å². The molecule has 0 aliphatic heterocycles. The normalized spacial score (nSPS) is 11.0. The fourth-order valence-electron chi connectivity index (χ4n) is 3.15. The highest BCUT2D eigenvalue weighted by molar-refractivity contribution is 7.99. The van der Waals surface area contributed by atoms with Crippen LogP contribution in [0.1, 0.15) is 10.4 Å². The first-order valence-electron chi connectivity index (χ1n) is 9.65. The molecule has 0 fully saturated rings. The summed E-state index contributed by atoms with van der Waals surface area (Å²) in [7, 11) is 0. The SMILES string of the molecule is O=C(CSc1nnc2scc(-c3ccccc3)n12)c1ccc(Oc2ccccc2)cc1. The molecule has 5 rings (SSSR count). The molecule has 152 valence electrons. The van der Waals surface area contributed by atoms with Gasteiger partial charge in [0.1, 0.15) is 11.5 Å². The molecule has 0 aliphatic rings. The number of rotatable bonds is 7. The first-order valence-corrected chi connectivity index (χ1v) is 11.5. The number of carbonyl (C=O) groups is 1. The predicted molar refractivity (Wildman–Crippen MR) is 124 cm³/mol. The number of Topliss-reactive ketones (excluding diaryl/α,β-unsaturated/α-hetero) is 1. The maximum atomic E-state index is 12.7. The number of para-hydroxylation sites is 1. The lowest BCUT2D eigenvalue weighted by Gasteiger charge is -2.06. The van der Waals surface area contributed by atoms with Crippen molar-refractivity contribution in [2.24, 2.45) is 0 Å². The molecule has 0 saturated heterocycles. The number of fused-ring (bicyclic) bond motifs is 1. The van der Waals surface area contributed by atoms with Crippen LogP contribution in [0.3, 0.4) is 0 Å². The lowest BCUT2D eigenvalue weighted by atomic mass is 10.1. The zero-order valence-electron chi connectivity index (χ0n) is 16.3. The highest BCUT2D eigenvalue weighted by Gasteiger charge is 2.16. The third-order valence-electron chi connectivity index (χ3n) is 4.68. The third-order valence-corrected chi connectivity index (χ3v) is 6.42. The predicted octanol–water partition coefficient (Wildman–Crippen LogP) is 6.23. The number of thioether (sulfide) groups is 1. The van der Waals surface area contributed by atoms with Crippen LogP contribution in [0.5, 0.6) is 11.5 Å². The minimum Gasteiger partial charge on any atom is -0.457 e. The van der Waals surface area contributed by atoms with Crippen LogP contribution < -0.4 is 4.74 Å². The third kappa shape index (κ3) is 4.23. The van der Waals surface area contributed by atoms with Gasteiger partial charge in [0.05, 0.1) is 11.4 Å². The van der Waals surface area contributed by atoms with Gasteiger partial charge in [-0.15, -0.1) is 21.5 Å². The Labute approximate surface area is 187 Å². The maximum absolute atomic E-state index is 12.7. The zero-order chi connectivity index (χ0) is 21.0. The van der Waals surface area contributed by atoms with E-state index >= 15 is 0 Å². The van der Waals surface area contributed by atoms with Crippen molar-refractivity contribution in [1.82, 2.24) is 14.6 Å². The average Bonchev–Trinajstić information content (AvgIpc) is 3.42. The number of ether oxygens (including phenoxy) is 1. The van der Waals surface area contributed by atoms with Crippen LogP contribution in [-0.2, 0) is 0 Å². The second-order valence-electron chi connectivity index (χ2n) is 6.74. The maximum Gasteiger partial charge on any atom is 0.217 e. The van der Waals surface area contributed by atoms with Crippen molar-refractivity contribution >= 4 is 33.8 Å². The minimum atomic E-state index is 0.0319. The molecule has 5 nitrogen and oxygen atoms in total. The molecule has 7 heteroatoms. The smallest absolute Gasteiger partial charge is 0.217 e. The molecule has 0 radical (unpaired) electrons. The van der Waals surface area contributed by atoms with Crippen molar-refractivity contribution in [2.45, 2.75) is 5.16 Å². The molecule has 2 aromatic heterocycles. The number of hydrogen-bond acceptors (Lipinski definition) is 6. The van der Waals surface area contributed by atoms with Crippen LogP contribution in [-0.4, -0.2) is 26.1 Å². The second-order valence-corrected chi connectivity index (χ2v) is 8.52. The quantitative estimate of drug-likeness (QED) is 0.221. The van der Waals surface area contributed by atoms with Crippen LogP contribution in [0, 0.1) is 0 Å². The van der Waals surface area contributed by atoms with E-state index in [1.54, 1.807) is 12.1 Å². The van der Waals surface area contributed by atoms with E-state index in [2.05, 4.69) is 27.7 Å². The molecular weight excluding hydrogens is 426 g/mol. The lowest BCUT2D eigenvalue weighted by molar-refractivity contribution is 0.102. The van der Waals surface area contributed by atoms with Crippen molar-refractivity contribution in [3.63, 3.8) is 0 Å². The van der Waals surface area contributed by atoms with Gasteiger partial charge in [0.2, 0.25) is 4.96 Å². The van der Waals surface area contributed by atoms with E-state index < -0.39 is 0 Å². The fraction of sp³-hybridized carbons (Fsp3) is 0.0417. The van der Waals surface area contributed by atoms with Gasteiger partial charge in [-0.3, -0.25) is 9.20 Å². The van der Waals surface area contributed by atoms with Gasteiger partial charge in [-0.05, 0) is 42.0 Å². The number of benzene rings is 3. The number of thiazole rings is 1. The van der Waals surface area contributed by atoms with E-state index in [-0.39, 0.29) is 11.5 Å². The number of aromatic nitrogens is 3. The van der Waals surface area contributed by atoms with E-state index in [0.717, 1.165) is 22.0 Å². The summed E-state index contributed by atoms with van der Waals surface area (Å²) in [5, 5.41) is 11.3. The Balaban J connectivity index is 1.29. The Morgan fingerprint density at radius 2 is 1.55 bits per heavy atom. The van der Waals surface area contributed by atoms with E-state index in [4.69, 9.17) is 4.74 Å². The summed E-state index contributed by atoms with van der Waals surface area (Å²) in [5.41, 5.74) is 2.76. The highest BCUT2D eigenvalue weighted by Crippen LogP contribution is 2.30. The van der Waals surface area contributed by atoms with Gasteiger partial charge in [-0.1, -0.05) is 60.3 Å². The Morgan fingerprint density at radius 1 is 0.871 bits per heavy atom. The van der Waals surface area contributed by atoms with Crippen LogP contribution in [0.15, 0.2) is 95.5 Å². The summed E-state index contributed by atoms with van der Waals surface area (Å²) < 4.78 is 7.80. The van der Waals surface area contributed by atoms with Crippen LogP contribution in [0.2, 0.25) is 0 Å². The molecule has 0 saturated carbocycles. The molecule has 0 aliphatic carbocycles. The van der Waals surface area contributed by atoms with Crippen LogP contribution >= 0.6 is 23.1 Å². The van der Waals surface area contributed by atoms with Gasteiger partial charge in [-0.25, -0.2) is 0 Å². The van der Waals surface area contributed by atoms with Crippen molar-refractivity contribution < 1.29 is 9.53 Å². The van der Waals surface area contributed by atoms with Gasteiger partial charge in [0.25, 0.3) is 0 Å². The highest BCUT2D eigenvalue weighted by atomic mass is 32.2. The Morgan fingerprint density at radius 3 is 2.29 bits per heavy atom. The largest absolute Gasteiger partial charge is 0.457 e. The van der Waals surface area contributed by atoms with E-state index in [1.165, 1.54) is 23.1 Å². The summed E-state index contributed by atoms with van der Waals surface area (Å²) in [6, 6.07) is 26.9. The molecule has 0 N–H and O–H groups in total. The summed E-state index contributed by atoms with van der Waals surface area (Å²) in [4.78, 5) is 13.5. The summed E-state index contributed by atoms with van der Waals surface area (Å²) in [5.74, 6) is 1.77. The van der Waals surface area contributed by atoms with Gasteiger partial charge in [0, 0.05) is 10.9 Å². The molecule has 0 atom stereocenters. The average molecular weight is 444 g/mol. The van der Waals surface area contributed by atoms with Gasteiger partial charge >= 0.3 is 0 Å². The Hall–Kier alpha value is -3.42. The van der Waals surface area contributed by atoms with Gasteiger partial charge in [-0.2, -0.15) is 0 Å². The molecule has 0 unspecified atom stereocenters. The second kappa shape index (κ2) is 8.75. The summed E-state index contributed by atoms with van der Waals surface area (Å²) >= 11 is 2.93. The standard InChI is InChI=1S/C24H17N3O2S2/c28-22(18-11-13-20(14-12-18)29-19-9-5-2-6-10-19)16-31-24-26-25-23-27(24)21(15-30-23)17-7-3-1-4-8-17/h1-15H,16H2. The molecule has 0 spiro atoms. The van der Waals surface area contributed by atoms with Crippen LogP contribution in [0.4, 0.5) is 0 Å². The number of ketones is 1. The van der Waals surface area contributed by atoms with Crippen molar-refractivity contribution in [3.8, 4) is 22.8 Å². The summed E-state index contributed by atoms with van der Waals surface area (Å²) in [6.45, 7) is 0. The fourth-order valence-corrected chi connectivity index (χ4v) is 4.88. The number of hydrogen-bond donors (Lipinski definition) is 0. The van der Waals surface area contributed by atoms with Crippen molar-refractivity contribution in [2.75, 3.05) is 5.75 Å². The molecule has 2 heterocycles. The lowest BCUT2D eigenvalue weighted by Crippen LogP contribution is -2.03. The Kier molecular flexibility index (Phi) is 5.52.